The summed E-state index contributed by atoms with van der Waals surface area (Å²) >= 11 is 0. The predicted molar refractivity (Wildman–Crippen MR) is 122 cm³/mol. The minimum Gasteiger partial charge on any atom is -0.466 e. The molecule has 1 fully saturated rings. The SMILES string of the molecule is Cc1cc(-c2cc(C(=O)NCc3ccc(C(=O)NC4CC4)cc3)c3c(C)noc3n2)c(C)o1. The third-order valence-corrected chi connectivity index (χ3v) is 5.76. The second-order valence-corrected chi connectivity index (χ2v) is 8.46. The van der Waals surface area contributed by atoms with Gasteiger partial charge in [-0.3, -0.25) is 9.59 Å². The molecule has 0 atom stereocenters. The van der Waals surface area contributed by atoms with E-state index in [9.17, 15) is 9.59 Å². The number of aryl methyl sites for hydroxylation is 3. The molecule has 8 nitrogen and oxygen atoms in total. The fourth-order valence-corrected chi connectivity index (χ4v) is 3.84. The summed E-state index contributed by atoms with van der Waals surface area (Å²) in [5.74, 6) is 1.15. The van der Waals surface area contributed by atoms with E-state index < -0.39 is 0 Å². The van der Waals surface area contributed by atoms with Gasteiger partial charge in [0.15, 0.2) is 0 Å². The number of furan rings is 1. The lowest BCUT2D eigenvalue weighted by atomic mass is 10.0. The smallest absolute Gasteiger partial charge is 0.259 e. The van der Waals surface area contributed by atoms with Crippen LogP contribution in [0.2, 0.25) is 0 Å². The first kappa shape index (κ1) is 20.9. The van der Waals surface area contributed by atoms with E-state index in [0.29, 0.717) is 52.0 Å². The van der Waals surface area contributed by atoms with E-state index in [1.807, 2.05) is 32.0 Å². The van der Waals surface area contributed by atoms with Crippen LogP contribution < -0.4 is 10.6 Å². The number of fused-ring (bicyclic) bond motifs is 1. The van der Waals surface area contributed by atoms with Crippen molar-refractivity contribution in [1.82, 2.24) is 20.8 Å². The van der Waals surface area contributed by atoms with Crippen LogP contribution in [0, 0.1) is 20.8 Å². The number of carbonyl (C=O) groups excluding carboxylic acids is 2. The number of amides is 2. The van der Waals surface area contributed by atoms with Crippen molar-refractivity contribution < 1.29 is 18.5 Å². The molecule has 0 radical (unpaired) electrons. The molecule has 168 valence electrons. The van der Waals surface area contributed by atoms with Gasteiger partial charge in [0.25, 0.3) is 17.5 Å². The van der Waals surface area contributed by atoms with E-state index in [4.69, 9.17) is 8.94 Å². The molecular weight excluding hydrogens is 420 g/mol. The molecule has 1 aliphatic carbocycles. The maximum Gasteiger partial charge on any atom is 0.259 e. The normalized spacial score (nSPS) is 13.3. The Balaban J connectivity index is 1.37. The van der Waals surface area contributed by atoms with Crippen molar-refractivity contribution in [3.63, 3.8) is 0 Å². The average molecular weight is 444 g/mol. The highest BCUT2D eigenvalue weighted by molar-refractivity contribution is 6.07. The summed E-state index contributed by atoms with van der Waals surface area (Å²) in [6.07, 6.45) is 2.09. The monoisotopic (exact) mass is 444 g/mol. The van der Waals surface area contributed by atoms with E-state index in [2.05, 4.69) is 20.8 Å². The molecule has 0 spiro atoms. The molecule has 4 aromatic rings. The highest BCUT2D eigenvalue weighted by atomic mass is 16.5. The van der Waals surface area contributed by atoms with Crippen LogP contribution >= 0.6 is 0 Å². The molecule has 8 heteroatoms. The zero-order valence-corrected chi connectivity index (χ0v) is 18.7. The van der Waals surface area contributed by atoms with Crippen LogP contribution in [0.15, 0.2) is 45.3 Å². The first-order valence-electron chi connectivity index (χ1n) is 10.9. The van der Waals surface area contributed by atoms with E-state index in [0.717, 1.165) is 29.7 Å². The molecule has 3 heterocycles. The maximum absolute atomic E-state index is 13.2. The van der Waals surface area contributed by atoms with Crippen LogP contribution in [-0.4, -0.2) is 28.0 Å². The lowest BCUT2D eigenvalue weighted by molar-refractivity contribution is 0.0942. The number of nitrogens with zero attached hydrogens (tertiary/aromatic N) is 2. The van der Waals surface area contributed by atoms with Crippen LogP contribution in [0.3, 0.4) is 0 Å². The Morgan fingerprint density at radius 3 is 2.48 bits per heavy atom. The van der Waals surface area contributed by atoms with Gasteiger partial charge >= 0.3 is 0 Å². The molecule has 0 saturated heterocycles. The summed E-state index contributed by atoms with van der Waals surface area (Å²) in [5.41, 5.74) is 4.23. The number of carbonyl (C=O) groups is 2. The third-order valence-electron chi connectivity index (χ3n) is 5.76. The van der Waals surface area contributed by atoms with Crippen molar-refractivity contribution in [1.29, 1.82) is 0 Å². The van der Waals surface area contributed by atoms with E-state index >= 15 is 0 Å². The third kappa shape index (κ3) is 4.24. The fraction of sp³-hybridized carbons (Fsp3) is 0.280. The number of hydrogen-bond donors (Lipinski definition) is 2. The van der Waals surface area contributed by atoms with Crippen LogP contribution in [0.5, 0.6) is 0 Å². The Morgan fingerprint density at radius 2 is 1.82 bits per heavy atom. The number of pyridine rings is 1. The summed E-state index contributed by atoms with van der Waals surface area (Å²) in [6.45, 7) is 5.82. The van der Waals surface area contributed by atoms with Crippen molar-refractivity contribution >= 4 is 22.9 Å². The second kappa shape index (κ2) is 8.20. The zero-order valence-electron chi connectivity index (χ0n) is 18.7. The molecule has 1 aromatic carbocycles. The molecule has 5 rings (SSSR count). The van der Waals surface area contributed by atoms with Crippen molar-refractivity contribution in [2.24, 2.45) is 0 Å². The summed E-state index contributed by atoms with van der Waals surface area (Å²) in [5, 5.41) is 10.5. The van der Waals surface area contributed by atoms with Gasteiger partial charge < -0.3 is 19.6 Å². The number of hydrogen-bond acceptors (Lipinski definition) is 6. The molecule has 0 bridgehead atoms. The summed E-state index contributed by atoms with van der Waals surface area (Å²) in [6, 6.07) is 11.2. The summed E-state index contributed by atoms with van der Waals surface area (Å²) in [4.78, 5) is 29.9. The van der Waals surface area contributed by atoms with Gasteiger partial charge in [0, 0.05) is 23.7 Å². The van der Waals surface area contributed by atoms with Crippen molar-refractivity contribution in [2.75, 3.05) is 0 Å². The fourth-order valence-electron chi connectivity index (χ4n) is 3.84. The largest absolute Gasteiger partial charge is 0.466 e. The highest BCUT2D eigenvalue weighted by Gasteiger charge is 2.24. The lowest BCUT2D eigenvalue weighted by Gasteiger charge is -2.09. The van der Waals surface area contributed by atoms with Crippen molar-refractivity contribution in [3.8, 4) is 11.3 Å². The van der Waals surface area contributed by atoms with Crippen LogP contribution in [0.1, 0.15) is 56.3 Å². The molecule has 0 aliphatic heterocycles. The molecule has 1 saturated carbocycles. The van der Waals surface area contributed by atoms with Gasteiger partial charge in [0.1, 0.15) is 11.5 Å². The van der Waals surface area contributed by atoms with Crippen molar-refractivity contribution in [3.05, 3.63) is 70.3 Å². The molecule has 2 amide bonds. The van der Waals surface area contributed by atoms with Gasteiger partial charge in [-0.2, -0.15) is 0 Å². The maximum atomic E-state index is 13.2. The van der Waals surface area contributed by atoms with Gasteiger partial charge in [0.2, 0.25) is 0 Å². The second-order valence-electron chi connectivity index (χ2n) is 8.46. The summed E-state index contributed by atoms with van der Waals surface area (Å²) < 4.78 is 11.0. The molecule has 2 N–H and O–H groups in total. The first-order valence-corrected chi connectivity index (χ1v) is 10.9. The number of benzene rings is 1. The number of nitrogens with one attached hydrogen (secondary N) is 2. The van der Waals surface area contributed by atoms with Crippen LogP contribution in [-0.2, 0) is 6.54 Å². The predicted octanol–water partition coefficient (Wildman–Crippen LogP) is 4.23. The summed E-state index contributed by atoms with van der Waals surface area (Å²) in [7, 11) is 0. The van der Waals surface area contributed by atoms with Crippen LogP contribution in [0.25, 0.3) is 22.4 Å². The van der Waals surface area contributed by atoms with E-state index in [1.54, 1.807) is 25.1 Å². The van der Waals surface area contributed by atoms with Crippen LogP contribution in [0.4, 0.5) is 0 Å². The number of aromatic nitrogens is 2. The highest BCUT2D eigenvalue weighted by Crippen LogP contribution is 2.30. The molecular formula is C25H24N4O4. The molecule has 0 unspecified atom stereocenters. The van der Waals surface area contributed by atoms with Gasteiger partial charge in [0.05, 0.1) is 22.3 Å². The Hall–Kier alpha value is -3.94. The minimum atomic E-state index is -0.261. The van der Waals surface area contributed by atoms with Gasteiger partial charge in [-0.15, -0.1) is 0 Å². The van der Waals surface area contributed by atoms with Gasteiger partial charge in [-0.1, -0.05) is 17.3 Å². The van der Waals surface area contributed by atoms with Crippen molar-refractivity contribution in [2.45, 2.75) is 46.2 Å². The minimum absolute atomic E-state index is 0.0625. The topological polar surface area (TPSA) is 110 Å². The van der Waals surface area contributed by atoms with E-state index in [-0.39, 0.29) is 11.8 Å². The quantitative estimate of drug-likeness (QED) is 0.460. The average Bonchev–Trinajstić information content (AvgIpc) is 3.45. The van der Waals surface area contributed by atoms with Gasteiger partial charge in [-0.25, -0.2) is 4.98 Å². The Labute approximate surface area is 190 Å². The Bertz CT molecular complexity index is 1360. The molecule has 3 aromatic heterocycles. The van der Waals surface area contributed by atoms with E-state index in [1.165, 1.54) is 0 Å². The number of rotatable bonds is 6. The first-order chi connectivity index (χ1) is 15.9. The molecule has 1 aliphatic rings. The Morgan fingerprint density at radius 1 is 1.06 bits per heavy atom. The Kier molecular flexibility index (Phi) is 5.20. The molecule has 33 heavy (non-hydrogen) atoms. The van der Waals surface area contributed by atoms with Gasteiger partial charge in [-0.05, 0) is 63.4 Å². The standard InChI is InChI=1S/C25H24N4O4/c1-13-10-19(15(3)32-13)21-11-20(22-14(2)29-33-25(22)28-21)24(31)26-12-16-4-6-17(7-5-16)23(30)27-18-8-9-18/h4-7,10-11,18H,8-9,12H2,1-3H3,(H,26,31)(H,27,30). The lowest BCUT2D eigenvalue weighted by Crippen LogP contribution is -2.25. The zero-order chi connectivity index (χ0) is 23.1.